The first-order chi connectivity index (χ1) is 10.2. The number of aryl methyl sites for hydroxylation is 1. The van der Waals surface area contributed by atoms with Gasteiger partial charge >= 0.3 is 0 Å². The first-order valence-corrected chi connectivity index (χ1v) is 7.59. The van der Waals surface area contributed by atoms with Crippen LogP contribution in [0, 0.1) is 6.92 Å². The van der Waals surface area contributed by atoms with Crippen molar-refractivity contribution in [2.24, 2.45) is 5.73 Å². The Morgan fingerprint density at radius 3 is 2.65 bits per heavy atom. The number of rotatable bonds is 3. The average molecular weight is 355 g/mol. The Balaban J connectivity index is 0.00000132. The maximum Gasteiger partial charge on any atom is 0.159 e. The molecule has 2 N–H and O–H groups in total. The molecule has 2 aromatic rings. The predicted octanol–water partition coefficient (Wildman–Crippen LogP) is 3.13. The van der Waals surface area contributed by atoms with Gasteiger partial charge in [-0.05, 0) is 19.5 Å². The van der Waals surface area contributed by atoms with E-state index in [0.29, 0.717) is 6.54 Å². The van der Waals surface area contributed by atoms with E-state index in [9.17, 15) is 0 Å². The predicted molar refractivity (Wildman–Crippen MR) is 99.2 cm³/mol. The minimum Gasteiger partial charge on any atom is -0.325 e. The van der Waals surface area contributed by atoms with Crippen molar-refractivity contribution in [1.29, 1.82) is 0 Å². The maximum atomic E-state index is 5.93. The van der Waals surface area contributed by atoms with Crippen molar-refractivity contribution in [3.05, 3.63) is 46.8 Å². The number of aromatic nitrogens is 2. The third-order valence-electron chi connectivity index (χ3n) is 4.14. The van der Waals surface area contributed by atoms with Gasteiger partial charge in [0.2, 0.25) is 0 Å². The summed E-state index contributed by atoms with van der Waals surface area (Å²) in [5, 5.41) is 0. The summed E-state index contributed by atoms with van der Waals surface area (Å²) >= 11 is 0. The molecule has 0 fully saturated rings. The highest BCUT2D eigenvalue weighted by Gasteiger charge is 2.21. The number of hydrogen-bond donors (Lipinski definition) is 1. The lowest BCUT2D eigenvalue weighted by molar-refractivity contribution is 0.264. The Bertz CT molecular complexity index is 644. The molecular weight excluding hydrogens is 331 g/mol. The Kier molecular flexibility index (Phi) is 7.42. The van der Waals surface area contributed by atoms with Crippen molar-refractivity contribution in [3.63, 3.8) is 0 Å². The highest BCUT2D eigenvalue weighted by Crippen LogP contribution is 2.24. The average Bonchev–Trinajstić information content (AvgIpc) is 2.53. The van der Waals surface area contributed by atoms with Gasteiger partial charge in [0, 0.05) is 37.2 Å². The van der Waals surface area contributed by atoms with Crippen LogP contribution in [0.2, 0.25) is 0 Å². The molecule has 1 aromatic heterocycles. The molecule has 0 atom stereocenters. The second-order valence-electron chi connectivity index (χ2n) is 5.61. The highest BCUT2D eigenvalue weighted by molar-refractivity contribution is 5.85. The third-order valence-corrected chi connectivity index (χ3v) is 4.14. The summed E-state index contributed by atoms with van der Waals surface area (Å²) in [5.41, 5.74) is 11.6. The van der Waals surface area contributed by atoms with Gasteiger partial charge < -0.3 is 5.73 Å². The Hall–Kier alpha value is -1.20. The fourth-order valence-corrected chi connectivity index (χ4v) is 2.89. The van der Waals surface area contributed by atoms with Gasteiger partial charge in [0.15, 0.2) is 5.82 Å². The van der Waals surface area contributed by atoms with Gasteiger partial charge in [-0.15, -0.1) is 24.8 Å². The first kappa shape index (κ1) is 19.8. The smallest absolute Gasteiger partial charge is 0.159 e. The van der Waals surface area contributed by atoms with Gasteiger partial charge in [-0.1, -0.05) is 30.7 Å². The van der Waals surface area contributed by atoms with Crippen LogP contribution >= 0.6 is 24.8 Å². The molecule has 0 bridgehead atoms. The maximum absolute atomic E-state index is 5.93. The minimum atomic E-state index is 0. The summed E-state index contributed by atoms with van der Waals surface area (Å²) in [5.74, 6) is 0.808. The number of fused-ring (bicyclic) bond motifs is 1. The van der Waals surface area contributed by atoms with Crippen LogP contribution in [-0.2, 0) is 19.5 Å². The van der Waals surface area contributed by atoms with E-state index in [2.05, 4.69) is 43.0 Å². The highest BCUT2D eigenvalue weighted by atomic mass is 35.5. The van der Waals surface area contributed by atoms with E-state index in [-0.39, 0.29) is 24.8 Å². The zero-order valence-electron chi connectivity index (χ0n) is 13.6. The molecule has 1 aliphatic rings. The van der Waals surface area contributed by atoms with E-state index >= 15 is 0 Å². The lowest BCUT2D eigenvalue weighted by Gasteiger charge is -2.28. The quantitative estimate of drug-likeness (QED) is 0.919. The van der Waals surface area contributed by atoms with Gasteiger partial charge in [-0.25, -0.2) is 9.97 Å². The van der Waals surface area contributed by atoms with Crippen LogP contribution in [0.15, 0.2) is 24.3 Å². The lowest BCUT2D eigenvalue weighted by Crippen LogP contribution is -2.32. The molecule has 4 nitrogen and oxygen atoms in total. The topological polar surface area (TPSA) is 55.0 Å². The zero-order chi connectivity index (χ0) is 14.8. The molecule has 0 radical (unpaired) electrons. The summed E-state index contributed by atoms with van der Waals surface area (Å²) in [6.07, 6.45) is 0.984. The number of likely N-dealkylation sites (N-methyl/N-ethyl adjacent to an activating group) is 1. The normalized spacial score (nSPS) is 13.7. The van der Waals surface area contributed by atoms with Crippen LogP contribution in [0.5, 0.6) is 0 Å². The van der Waals surface area contributed by atoms with Crippen LogP contribution in [-0.4, -0.2) is 28.0 Å². The number of halogens is 2. The lowest BCUT2D eigenvalue weighted by atomic mass is 10.0. The van der Waals surface area contributed by atoms with E-state index in [1.54, 1.807) is 0 Å². The molecule has 6 heteroatoms. The van der Waals surface area contributed by atoms with Gasteiger partial charge in [-0.3, -0.25) is 4.90 Å². The second-order valence-corrected chi connectivity index (χ2v) is 5.61. The Morgan fingerprint density at radius 2 is 2.00 bits per heavy atom. The van der Waals surface area contributed by atoms with Gasteiger partial charge in [0.25, 0.3) is 0 Å². The van der Waals surface area contributed by atoms with Crippen molar-refractivity contribution >= 4 is 24.8 Å². The molecule has 2 heterocycles. The minimum absolute atomic E-state index is 0. The molecule has 1 aliphatic heterocycles. The monoisotopic (exact) mass is 354 g/mol. The van der Waals surface area contributed by atoms with Crippen molar-refractivity contribution in [2.75, 3.05) is 13.1 Å². The van der Waals surface area contributed by atoms with Crippen molar-refractivity contribution in [3.8, 4) is 11.4 Å². The standard InChI is InChI=1S/C17H22N4.2ClH/c1-3-21-8-7-15-14(11-21)16(10-18)20-17(19-15)13-6-4-5-12(2)9-13;;/h4-6,9H,3,7-8,10-11,18H2,1-2H3;2*1H. The summed E-state index contributed by atoms with van der Waals surface area (Å²) in [4.78, 5) is 11.9. The van der Waals surface area contributed by atoms with Crippen molar-refractivity contribution in [1.82, 2.24) is 14.9 Å². The number of nitrogens with zero attached hydrogens (tertiary/aromatic N) is 3. The van der Waals surface area contributed by atoms with Crippen LogP contribution in [0.4, 0.5) is 0 Å². The van der Waals surface area contributed by atoms with Crippen LogP contribution in [0.1, 0.15) is 29.4 Å². The summed E-state index contributed by atoms with van der Waals surface area (Å²) in [6, 6.07) is 8.33. The van der Waals surface area contributed by atoms with Crippen LogP contribution in [0.3, 0.4) is 0 Å². The number of hydrogen-bond acceptors (Lipinski definition) is 4. The van der Waals surface area contributed by atoms with Crippen molar-refractivity contribution in [2.45, 2.75) is 33.4 Å². The molecule has 0 spiro atoms. The molecule has 0 saturated heterocycles. The Labute approximate surface area is 150 Å². The largest absolute Gasteiger partial charge is 0.325 e. The van der Waals surface area contributed by atoms with Crippen molar-refractivity contribution < 1.29 is 0 Å². The van der Waals surface area contributed by atoms with Gasteiger partial charge in [0.1, 0.15) is 0 Å². The van der Waals surface area contributed by atoms with Gasteiger partial charge in [0.05, 0.1) is 11.4 Å². The zero-order valence-corrected chi connectivity index (χ0v) is 15.2. The number of benzene rings is 1. The Morgan fingerprint density at radius 1 is 1.22 bits per heavy atom. The SMILES string of the molecule is CCN1CCc2nc(-c3cccc(C)c3)nc(CN)c2C1.Cl.Cl. The molecule has 0 unspecified atom stereocenters. The molecule has 23 heavy (non-hydrogen) atoms. The molecule has 1 aromatic carbocycles. The van der Waals surface area contributed by atoms with E-state index in [4.69, 9.17) is 15.7 Å². The van der Waals surface area contributed by atoms with E-state index < -0.39 is 0 Å². The molecular formula is C17H24Cl2N4. The van der Waals surface area contributed by atoms with Crippen LogP contribution in [0.25, 0.3) is 11.4 Å². The third kappa shape index (κ3) is 4.21. The molecule has 126 valence electrons. The number of nitrogens with two attached hydrogens (primary N) is 1. The molecule has 0 amide bonds. The second kappa shape index (κ2) is 8.60. The van der Waals surface area contributed by atoms with E-state index in [0.717, 1.165) is 43.1 Å². The fourth-order valence-electron chi connectivity index (χ4n) is 2.89. The summed E-state index contributed by atoms with van der Waals surface area (Å²) in [7, 11) is 0. The summed E-state index contributed by atoms with van der Waals surface area (Å²) < 4.78 is 0. The first-order valence-electron chi connectivity index (χ1n) is 7.59. The van der Waals surface area contributed by atoms with Gasteiger partial charge in [-0.2, -0.15) is 0 Å². The molecule has 3 rings (SSSR count). The van der Waals surface area contributed by atoms with E-state index in [1.165, 1.54) is 16.8 Å². The summed E-state index contributed by atoms with van der Waals surface area (Å²) in [6.45, 7) is 7.80. The van der Waals surface area contributed by atoms with Crippen LogP contribution < -0.4 is 5.73 Å². The molecule has 0 aliphatic carbocycles. The molecule has 0 saturated carbocycles. The fraction of sp³-hybridized carbons (Fsp3) is 0.412. The van der Waals surface area contributed by atoms with E-state index in [1.807, 2.05) is 0 Å².